The van der Waals surface area contributed by atoms with Crippen molar-refractivity contribution >= 4 is 22.3 Å². The average molecular weight is 386 g/mol. The molecule has 0 aromatic rings. The van der Waals surface area contributed by atoms with Crippen molar-refractivity contribution in [2.45, 2.75) is 42.8 Å². The molecular formula is C11H16F2N4O7S. The predicted molar refractivity (Wildman–Crippen MR) is 74.0 cm³/mol. The summed E-state index contributed by atoms with van der Waals surface area (Å²) in [4.78, 5) is 29.8. The molecule has 25 heavy (non-hydrogen) atoms. The number of hydrogen-bond acceptors (Lipinski definition) is 7. The van der Waals surface area contributed by atoms with Gasteiger partial charge in [-0.15, -0.1) is 4.28 Å². The lowest BCUT2D eigenvalue weighted by Crippen LogP contribution is -2.56. The topological polar surface area (TPSA) is 151 Å². The minimum absolute atomic E-state index is 0.00356. The molecule has 1 saturated carbocycles. The Labute approximate surface area is 140 Å². The smallest absolute Gasteiger partial charge is 0.323 e. The number of nitrogens with two attached hydrogens (primary N) is 1. The number of carbonyl (C=O) groups excluding carboxylic acids is 2. The molecule has 14 heteroatoms. The molecule has 0 aromatic heterocycles. The highest BCUT2D eigenvalue weighted by atomic mass is 32.3. The first-order valence-electron chi connectivity index (χ1n) is 7.27. The van der Waals surface area contributed by atoms with E-state index in [0.29, 0.717) is 12.8 Å². The number of alkyl halides is 2. The number of nitrogens with zero attached hydrogens (tertiary/aromatic N) is 2. The van der Waals surface area contributed by atoms with Crippen molar-refractivity contribution < 1.29 is 40.5 Å². The number of piperidine rings is 1. The summed E-state index contributed by atoms with van der Waals surface area (Å²) in [5.41, 5.74) is 7.19. The maximum absolute atomic E-state index is 14.2. The SMILES string of the molecule is NC1(CONC(=O)[C@@H]2CC(F)(F)[C@@H]3CN2C(=O)N3OS(=O)(=O)O)CC1. The van der Waals surface area contributed by atoms with Gasteiger partial charge in [0.05, 0.1) is 13.2 Å². The quantitative estimate of drug-likeness (QED) is 0.379. The van der Waals surface area contributed by atoms with Gasteiger partial charge in [0.25, 0.3) is 11.8 Å². The fraction of sp³-hybridized carbons (Fsp3) is 0.818. The van der Waals surface area contributed by atoms with Crippen molar-refractivity contribution in [2.75, 3.05) is 13.2 Å². The third kappa shape index (κ3) is 3.67. The largest absolute Gasteiger partial charge is 0.418 e. The summed E-state index contributed by atoms with van der Waals surface area (Å²) >= 11 is 0. The zero-order valence-electron chi connectivity index (χ0n) is 12.7. The molecule has 0 unspecified atom stereocenters. The van der Waals surface area contributed by atoms with Crippen LogP contribution in [0.2, 0.25) is 0 Å². The normalized spacial score (nSPS) is 29.7. The first kappa shape index (κ1) is 18.2. The van der Waals surface area contributed by atoms with Crippen molar-refractivity contribution in [1.82, 2.24) is 15.4 Å². The molecule has 0 radical (unpaired) electrons. The molecule has 3 fully saturated rings. The Kier molecular flexibility index (Phi) is 4.15. The highest BCUT2D eigenvalue weighted by Gasteiger charge is 2.62. The molecule has 2 bridgehead atoms. The van der Waals surface area contributed by atoms with E-state index in [-0.39, 0.29) is 11.7 Å². The Balaban J connectivity index is 1.70. The Bertz CT molecular complexity index is 699. The standard InChI is InChI=1S/C11H16F2N4O7S/c12-11(13)3-6(8(18)15-23-5-10(14)1-2-10)16-4-7(11)17(9(16)19)24-25(20,21)22/h6-7H,1-5,14H2,(H,15,18)(H,20,21,22)/t6-,7-/m0/s1. The van der Waals surface area contributed by atoms with Crippen LogP contribution in [0.3, 0.4) is 0 Å². The Morgan fingerprint density at radius 3 is 2.64 bits per heavy atom. The maximum atomic E-state index is 14.2. The van der Waals surface area contributed by atoms with Crippen molar-refractivity contribution in [1.29, 1.82) is 0 Å². The first-order valence-corrected chi connectivity index (χ1v) is 8.64. The van der Waals surface area contributed by atoms with Gasteiger partial charge < -0.3 is 10.6 Å². The van der Waals surface area contributed by atoms with Crippen LogP contribution >= 0.6 is 0 Å². The molecule has 2 atom stereocenters. The van der Waals surface area contributed by atoms with Gasteiger partial charge in [0.2, 0.25) is 0 Å². The molecule has 2 heterocycles. The summed E-state index contributed by atoms with van der Waals surface area (Å²) in [6.07, 6.45) is 0.356. The molecule has 3 rings (SSSR count). The number of carbonyl (C=O) groups is 2. The van der Waals surface area contributed by atoms with Gasteiger partial charge >= 0.3 is 16.4 Å². The molecule has 2 aliphatic heterocycles. The Morgan fingerprint density at radius 2 is 2.08 bits per heavy atom. The number of nitrogens with one attached hydrogen (secondary N) is 1. The summed E-state index contributed by atoms with van der Waals surface area (Å²) in [5, 5.41) is -0.136. The van der Waals surface area contributed by atoms with Crippen molar-refractivity contribution in [3.8, 4) is 0 Å². The number of fused-ring (bicyclic) bond motifs is 2. The lowest BCUT2D eigenvalue weighted by Gasteiger charge is -2.34. The average Bonchev–Trinajstić information content (AvgIpc) is 3.12. The lowest BCUT2D eigenvalue weighted by molar-refractivity contribution is -0.159. The summed E-state index contributed by atoms with van der Waals surface area (Å²) < 4.78 is 62.5. The van der Waals surface area contributed by atoms with E-state index >= 15 is 0 Å². The van der Waals surface area contributed by atoms with Crippen LogP contribution in [0, 0.1) is 0 Å². The van der Waals surface area contributed by atoms with E-state index < -0.39 is 58.8 Å². The number of hydroxylamine groups is 3. The fourth-order valence-corrected chi connectivity index (χ4v) is 3.08. The zero-order valence-corrected chi connectivity index (χ0v) is 13.5. The molecular weight excluding hydrogens is 370 g/mol. The van der Waals surface area contributed by atoms with Gasteiger partial charge in [-0.05, 0) is 12.8 Å². The van der Waals surface area contributed by atoms with Gasteiger partial charge in [-0.1, -0.05) is 0 Å². The van der Waals surface area contributed by atoms with Crippen molar-refractivity contribution in [2.24, 2.45) is 5.73 Å². The van der Waals surface area contributed by atoms with E-state index in [2.05, 4.69) is 4.28 Å². The molecule has 0 spiro atoms. The highest BCUT2D eigenvalue weighted by Crippen LogP contribution is 2.41. The van der Waals surface area contributed by atoms with Crippen LogP contribution in [-0.4, -0.2) is 71.6 Å². The van der Waals surface area contributed by atoms with Gasteiger partial charge in [-0.2, -0.15) is 13.5 Å². The molecule has 3 amide bonds. The van der Waals surface area contributed by atoms with Crippen LogP contribution in [0.4, 0.5) is 13.6 Å². The molecule has 142 valence electrons. The van der Waals surface area contributed by atoms with Crippen LogP contribution < -0.4 is 11.2 Å². The van der Waals surface area contributed by atoms with E-state index in [4.69, 9.17) is 15.1 Å². The Morgan fingerprint density at radius 1 is 1.44 bits per heavy atom. The summed E-state index contributed by atoms with van der Waals surface area (Å²) in [6.45, 7) is -0.656. The lowest BCUT2D eigenvalue weighted by atomic mass is 9.96. The minimum Gasteiger partial charge on any atom is -0.323 e. The second kappa shape index (κ2) is 5.70. The first-order chi connectivity index (χ1) is 11.4. The second-order valence-electron chi connectivity index (χ2n) is 6.38. The molecule has 2 saturated heterocycles. The number of hydrogen-bond donors (Lipinski definition) is 3. The van der Waals surface area contributed by atoms with E-state index in [1.54, 1.807) is 0 Å². The molecule has 4 N–H and O–H groups in total. The minimum atomic E-state index is -5.18. The number of halogens is 2. The van der Waals surface area contributed by atoms with Crippen LogP contribution in [-0.2, 0) is 24.3 Å². The van der Waals surface area contributed by atoms with Gasteiger partial charge in [0.1, 0.15) is 12.1 Å². The molecule has 0 aromatic carbocycles. The van der Waals surface area contributed by atoms with Crippen molar-refractivity contribution in [3.63, 3.8) is 0 Å². The molecule has 11 nitrogen and oxygen atoms in total. The fourth-order valence-electron chi connectivity index (χ4n) is 2.71. The molecule has 3 aliphatic rings. The zero-order chi connectivity index (χ0) is 18.6. The molecule has 1 aliphatic carbocycles. The van der Waals surface area contributed by atoms with E-state index in [9.17, 15) is 26.8 Å². The summed E-state index contributed by atoms with van der Waals surface area (Å²) in [6, 6.07) is -4.83. The third-order valence-corrected chi connectivity index (χ3v) is 4.67. The monoisotopic (exact) mass is 386 g/mol. The summed E-state index contributed by atoms with van der Waals surface area (Å²) in [5.74, 6) is -4.62. The van der Waals surface area contributed by atoms with Crippen LogP contribution in [0.1, 0.15) is 19.3 Å². The number of urea groups is 1. The van der Waals surface area contributed by atoms with Crippen LogP contribution in [0.25, 0.3) is 0 Å². The van der Waals surface area contributed by atoms with E-state index in [1.165, 1.54) is 0 Å². The summed E-state index contributed by atoms with van der Waals surface area (Å²) in [7, 11) is -5.18. The van der Waals surface area contributed by atoms with Gasteiger partial charge in [-0.25, -0.2) is 19.1 Å². The maximum Gasteiger partial charge on any atom is 0.418 e. The highest BCUT2D eigenvalue weighted by molar-refractivity contribution is 7.80. The Hall–Kier alpha value is -1.61. The third-order valence-electron chi connectivity index (χ3n) is 4.32. The predicted octanol–water partition coefficient (Wildman–Crippen LogP) is -1.23. The van der Waals surface area contributed by atoms with Gasteiger partial charge in [0, 0.05) is 12.0 Å². The van der Waals surface area contributed by atoms with Crippen LogP contribution in [0.5, 0.6) is 0 Å². The number of rotatable bonds is 6. The number of amides is 3. The van der Waals surface area contributed by atoms with Crippen LogP contribution in [0.15, 0.2) is 0 Å². The van der Waals surface area contributed by atoms with Gasteiger partial charge in [-0.3, -0.25) is 14.2 Å². The van der Waals surface area contributed by atoms with Gasteiger partial charge in [0.15, 0.2) is 0 Å². The van der Waals surface area contributed by atoms with E-state index in [0.717, 1.165) is 4.90 Å². The van der Waals surface area contributed by atoms with E-state index in [1.807, 2.05) is 5.48 Å². The second-order valence-corrected chi connectivity index (χ2v) is 7.38. The van der Waals surface area contributed by atoms with Crippen molar-refractivity contribution in [3.05, 3.63) is 0 Å².